The maximum absolute atomic E-state index is 9.47. The molecule has 0 bridgehead atoms. The van der Waals surface area contributed by atoms with Gasteiger partial charge in [0.2, 0.25) is 0 Å². The number of nitrogens with zero attached hydrogens (tertiary/aromatic N) is 1. The van der Waals surface area contributed by atoms with E-state index in [1.165, 1.54) is 0 Å². The number of nitriles is 1. The highest BCUT2D eigenvalue weighted by Crippen LogP contribution is 2.35. The van der Waals surface area contributed by atoms with Gasteiger partial charge in [-0.15, -0.1) is 6.42 Å². The zero-order valence-electron chi connectivity index (χ0n) is 12.8. The third kappa shape index (κ3) is 4.53. The Morgan fingerprint density at radius 1 is 1.33 bits per heavy atom. The predicted octanol–water partition coefficient (Wildman–Crippen LogP) is 5.14. The van der Waals surface area contributed by atoms with Crippen molar-refractivity contribution in [3.05, 3.63) is 55.6 Å². The van der Waals surface area contributed by atoms with Gasteiger partial charge in [0, 0.05) is 4.47 Å². The van der Waals surface area contributed by atoms with Crippen LogP contribution in [0.3, 0.4) is 0 Å². The van der Waals surface area contributed by atoms with E-state index < -0.39 is 0 Å². The monoisotopic (exact) mass is 493 g/mol. The van der Waals surface area contributed by atoms with Crippen LogP contribution < -0.4 is 9.47 Å². The molecule has 0 saturated heterocycles. The molecule has 0 amide bonds. The standard InChI is InChI=1S/C19H13BrINO2/c1-3-8-24-19-17(21)10-13(11-18(19)23-2)9-15(12-22)14-4-6-16(20)7-5-14/h1,4-7,9-11H,8H2,2H3/b15-9+. The molecule has 0 atom stereocenters. The van der Waals surface area contributed by atoms with Crippen LogP contribution in [0.25, 0.3) is 11.6 Å². The van der Waals surface area contributed by atoms with Crippen molar-refractivity contribution in [2.75, 3.05) is 13.7 Å². The third-order valence-electron chi connectivity index (χ3n) is 3.14. The van der Waals surface area contributed by atoms with Gasteiger partial charge in [0.25, 0.3) is 0 Å². The molecule has 0 aliphatic heterocycles. The molecular weight excluding hydrogens is 481 g/mol. The molecule has 2 aromatic carbocycles. The van der Waals surface area contributed by atoms with Gasteiger partial charge in [-0.2, -0.15) is 5.26 Å². The van der Waals surface area contributed by atoms with Crippen molar-refractivity contribution >= 4 is 50.2 Å². The fourth-order valence-electron chi connectivity index (χ4n) is 2.05. The van der Waals surface area contributed by atoms with Gasteiger partial charge in [-0.25, -0.2) is 0 Å². The lowest BCUT2D eigenvalue weighted by Crippen LogP contribution is -1.99. The fourth-order valence-corrected chi connectivity index (χ4v) is 3.10. The van der Waals surface area contributed by atoms with Gasteiger partial charge in [-0.3, -0.25) is 0 Å². The summed E-state index contributed by atoms with van der Waals surface area (Å²) in [5.74, 6) is 3.62. The lowest BCUT2D eigenvalue weighted by molar-refractivity contribution is 0.328. The van der Waals surface area contributed by atoms with Crippen LogP contribution in [0.1, 0.15) is 11.1 Å². The zero-order chi connectivity index (χ0) is 17.5. The second kappa shape index (κ2) is 8.77. The summed E-state index contributed by atoms with van der Waals surface area (Å²) < 4.78 is 12.7. The number of terminal acetylenes is 1. The molecule has 24 heavy (non-hydrogen) atoms. The van der Waals surface area contributed by atoms with Gasteiger partial charge in [-0.1, -0.05) is 34.0 Å². The summed E-state index contributed by atoms with van der Waals surface area (Å²) >= 11 is 5.55. The third-order valence-corrected chi connectivity index (χ3v) is 4.47. The maximum Gasteiger partial charge on any atom is 0.175 e. The molecule has 120 valence electrons. The summed E-state index contributed by atoms with van der Waals surface area (Å²) in [7, 11) is 1.57. The number of allylic oxidation sites excluding steroid dienone is 1. The minimum atomic E-state index is 0.171. The van der Waals surface area contributed by atoms with E-state index in [4.69, 9.17) is 15.9 Å². The van der Waals surface area contributed by atoms with Crippen molar-refractivity contribution in [3.8, 4) is 29.9 Å². The smallest absolute Gasteiger partial charge is 0.175 e. The highest BCUT2D eigenvalue weighted by atomic mass is 127. The number of ether oxygens (including phenoxy) is 2. The molecule has 0 N–H and O–H groups in total. The predicted molar refractivity (Wildman–Crippen MR) is 108 cm³/mol. The SMILES string of the molecule is C#CCOc1c(I)cc(/C=C(\C#N)c2ccc(Br)cc2)cc1OC. The molecular formula is C19H13BrINO2. The average Bonchev–Trinajstić information content (AvgIpc) is 2.59. The molecule has 0 spiro atoms. The van der Waals surface area contributed by atoms with Gasteiger partial charge < -0.3 is 9.47 Å². The van der Waals surface area contributed by atoms with E-state index in [1.54, 1.807) is 7.11 Å². The Labute approximate surface area is 163 Å². The molecule has 0 aromatic heterocycles. The molecule has 0 heterocycles. The fraction of sp³-hybridized carbons (Fsp3) is 0.105. The van der Waals surface area contributed by atoms with E-state index >= 15 is 0 Å². The Hall–Kier alpha value is -1.96. The van der Waals surface area contributed by atoms with Crippen molar-refractivity contribution in [1.29, 1.82) is 5.26 Å². The topological polar surface area (TPSA) is 42.2 Å². The van der Waals surface area contributed by atoms with Crippen LogP contribution >= 0.6 is 38.5 Å². The highest BCUT2D eigenvalue weighted by molar-refractivity contribution is 14.1. The van der Waals surface area contributed by atoms with Crippen LogP contribution in [0.15, 0.2) is 40.9 Å². The van der Waals surface area contributed by atoms with Crippen LogP contribution in [-0.4, -0.2) is 13.7 Å². The number of hydrogen-bond acceptors (Lipinski definition) is 3. The lowest BCUT2D eigenvalue weighted by Gasteiger charge is -2.12. The van der Waals surface area contributed by atoms with Crippen molar-refractivity contribution in [2.24, 2.45) is 0 Å². The van der Waals surface area contributed by atoms with E-state index in [1.807, 2.05) is 42.5 Å². The summed E-state index contributed by atoms with van der Waals surface area (Å²) in [6, 6.07) is 13.6. The number of methoxy groups -OCH3 is 1. The Morgan fingerprint density at radius 3 is 2.62 bits per heavy atom. The molecule has 2 aromatic rings. The highest BCUT2D eigenvalue weighted by Gasteiger charge is 2.11. The minimum absolute atomic E-state index is 0.171. The zero-order valence-corrected chi connectivity index (χ0v) is 16.6. The second-order valence-corrected chi connectivity index (χ2v) is 6.78. The summed E-state index contributed by atoms with van der Waals surface area (Å²) in [4.78, 5) is 0. The number of rotatable bonds is 5. The summed E-state index contributed by atoms with van der Waals surface area (Å²) in [6.45, 7) is 0.171. The molecule has 0 aliphatic carbocycles. The molecule has 0 aliphatic rings. The van der Waals surface area contributed by atoms with E-state index in [2.05, 4.69) is 50.5 Å². The first-order chi connectivity index (χ1) is 11.6. The molecule has 2 rings (SSSR count). The van der Waals surface area contributed by atoms with Crippen molar-refractivity contribution < 1.29 is 9.47 Å². The van der Waals surface area contributed by atoms with E-state index in [0.29, 0.717) is 17.1 Å². The van der Waals surface area contributed by atoms with Crippen LogP contribution in [0, 0.1) is 27.2 Å². The Balaban J connectivity index is 2.44. The largest absolute Gasteiger partial charge is 0.493 e. The average molecular weight is 494 g/mol. The molecule has 5 heteroatoms. The number of hydrogen-bond donors (Lipinski definition) is 0. The summed E-state index contributed by atoms with van der Waals surface area (Å²) in [5.41, 5.74) is 2.27. The molecule has 0 unspecified atom stereocenters. The van der Waals surface area contributed by atoms with Crippen LogP contribution in [0.5, 0.6) is 11.5 Å². The van der Waals surface area contributed by atoms with Gasteiger partial charge in [0.05, 0.1) is 22.3 Å². The van der Waals surface area contributed by atoms with Crippen LogP contribution in [0.4, 0.5) is 0 Å². The maximum atomic E-state index is 9.47. The quantitative estimate of drug-likeness (QED) is 0.251. The van der Waals surface area contributed by atoms with Crippen molar-refractivity contribution in [2.45, 2.75) is 0 Å². The molecule has 0 radical (unpaired) electrons. The van der Waals surface area contributed by atoms with E-state index in [-0.39, 0.29) is 6.61 Å². The Bertz CT molecular complexity index is 845. The van der Waals surface area contributed by atoms with Gasteiger partial charge in [0.15, 0.2) is 11.5 Å². The number of benzene rings is 2. The van der Waals surface area contributed by atoms with Crippen LogP contribution in [-0.2, 0) is 0 Å². The van der Waals surface area contributed by atoms with Crippen LogP contribution in [0.2, 0.25) is 0 Å². The molecule has 0 fully saturated rings. The van der Waals surface area contributed by atoms with Gasteiger partial charge >= 0.3 is 0 Å². The van der Waals surface area contributed by atoms with E-state index in [9.17, 15) is 5.26 Å². The Kier molecular flexibility index (Phi) is 6.72. The lowest BCUT2D eigenvalue weighted by atomic mass is 10.0. The first kappa shape index (κ1) is 18.4. The summed E-state index contributed by atoms with van der Waals surface area (Å²) in [5, 5.41) is 9.47. The number of halogens is 2. The Morgan fingerprint density at radius 2 is 2.04 bits per heavy atom. The summed E-state index contributed by atoms with van der Waals surface area (Å²) in [6.07, 6.45) is 7.06. The van der Waals surface area contributed by atoms with Crippen molar-refractivity contribution in [3.63, 3.8) is 0 Å². The molecule has 0 saturated carbocycles. The first-order valence-electron chi connectivity index (χ1n) is 6.90. The minimum Gasteiger partial charge on any atom is -0.493 e. The van der Waals surface area contributed by atoms with Gasteiger partial charge in [-0.05, 0) is 64.1 Å². The normalized spacial score (nSPS) is 10.6. The van der Waals surface area contributed by atoms with Crippen molar-refractivity contribution in [1.82, 2.24) is 0 Å². The molecule has 3 nitrogen and oxygen atoms in total. The second-order valence-electron chi connectivity index (χ2n) is 4.70. The van der Waals surface area contributed by atoms with E-state index in [0.717, 1.165) is 19.2 Å². The first-order valence-corrected chi connectivity index (χ1v) is 8.77. The van der Waals surface area contributed by atoms with Gasteiger partial charge in [0.1, 0.15) is 6.61 Å².